The maximum absolute atomic E-state index is 4.28. The van der Waals surface area contributed by atoms with E-state index in [0.717, 1.165) is 0 Å². The maximum Gasteiger partial charge on any atom is 0.0996 e. The number of thioether (sulfide) groups is 1. The fourth-order valence-electron chi connectivity index (χ4n) is 0.540. The Morgan fingerprint density at radius 3 is 2.71 bits per heavy atom. The minimum Gasteiger partial charge on any atom is -0.286 e. The highest BCUT2D eigenvalue weighted by atomic mass is 32.2. The van der Waals surface area contributed by atoms with Gasteiger partial charge in [-0.05, 0) is 7.05 Å². The van der Waals surface area contributed by atoms with Gasteiger partial charge in [-0.15, -0.1) is 24.4 Å². The van der Waals surface area contributed by atoms with Crippen LogP contribution in [0.15, 0.2) is 0 Å². The highest BCUT2D eigenvalue weighted by Crippen LogP contribution is 2.23. The van der Waals surface area contributed by atoms with Gasteiger partial charge in [0.05, 0.1) is 4.71 Å². The van der Waals surface area contributed by atoms with E-state index in [1.807, 2.05) is 11.8 Å². The predicted octanol–water partition coefficient (Wildman–Crippen LogP) is 0.878. The minimum atomic E-state index is 0.458. The Balaban J connectivity index is 2.33. The average molecular weight is 135 g/mol. The Morgan fingerprint density at radius 1 is 1.86 bits per heavy atom. The maximum atomic E-state index is 4.28. The number of hydrogen-bond acceptors (Lipinski definition) is 3. The molecule has 1 fully saturated rings. The molecular weight excluding hydrogens is 126 g/mol. The van der Waals surface area contributed by atoms with Crippen LogP contribution < -0.4 is 0 Å². The third-order valence-electron chi connectivity index (χ3n) is 1.09. The zero-order valence-electron chi connectivity index (χ0n) is 4.29. The smallest absolute Gasteiger partial charge is 0.0996 e. The highest BCUT2D eigenvalue weighted by Gasteiger charge is 2.15. The molecule has 1 saturated heterocycles. The fraction of sp³-hybridized carbons (Fsp3) is 1.00. The SMILES string of the molecule is CN1CCSC1S. The summed E-state index contributed by atoms with van der Waals surface area (Å²) in [5.74, 6) is 1.24. The molecule has 1 aliphatic rings. The molecule has 0 aromatic heterocycles. The standard InChI is InChI=1S/C4H9NS2/c1-5-2-3-7-4(5)6/h4,6H,2-3H2,1H3. The van der Waals surface area contributed by atoms with Crippen LogP contribution in [0.4, 0.5) is 0 Å². The molecule has 1 nitrogen and oxygen atoms in total. The van der Waals surface area contributed by atoms with Crippen molar-refractivity contribution in [3.8, 4) is 0 Å². The van der Waals surface area contributed by atoms with Gasteiger partial charge in [-0.25, -0.2) is 0 Å². The van der Waals surface area contributed by atoms with E-state index >= 15 is 0 Å². The van der Waals surface area contributed by atoms with Gasteiger partial charge in [0.2, 0.25) is 0 Å². The summed E-state index contributed by atoms with van der Waals surface area (Å²) in [6.45, 7) is 1.19. The van der Waals surface area contributed by atoms with Gasteiger partial charge in [0.15, 0.2) is 0 Å². The van der Waals surface area contributed by atoms with Gasteiger partial charge in [-0.2, -0.15) is 0 Å². The summed E-state index contributed by atoms with van der Waals surface area (Å²) >= 11 is 6.17. The molecule has 1 atom stereocenters. The molecule has 1 aliphatic heterocycles. The van der Waals surface area contributed by atoms with E-state index in [1.165, 1.54) is 12.3 Å². The number of thiol groups is 1. The van der Waals surface area contributed by atoms with Crippen LogP contribution in [0.25, 0.3) is 0 Å². The Labute approximate surface area is 53.9 Å². The van der Waals surface area contributed by atoms with Crippen molar-refractivity contribution in [2.24, 2.45) is 0 Å². The second-order valence-electron chi connectivity index (χ2n) is 1.68. The first kappa shape index (κ1) is 5.79. The van der Waals surface area contributed by atoms with Crippen LogP contribution >= 0.6 is 24.4 Å². The molecule has 1 unspecified atom stereocenters. The predicted molar refractivity (Wildman–Crippen MR) is 37.9 cm³/mol. The lowest BCUT2D eigenvalue weighted by Gasteiger charge is -2.09. The van der Waals surface area contributed by atoms with Crippen molar-refractivity contribution < 1.29 is 0 Å². The molecule has 0 aromatic rings. The largest absolute Gasteiger partial charge is 0.286 e. The molecule has 0 spiro atoms. The molecule has 3 heteroatoms. The van der Waals surface area contributed by atoms with Crippen molar-refractivity contribution in [1.82, 2.24) is 4.90 Å². The Bertz CT molecular complexity index is 58.7. The fourth-order valence-corrected chi connectivity index (χ4v) is 1.94. The van der Waals surface area contributed by atoms with Gasteiger partial charge in [0, 0.05) is 12.3 Å². The molecule has 42 valence electrons. The molecule has 7 heavy (non-hydrogen) atoms. The van der Waals surface area contributed by atoms with Crippen molar-refractivity contribution in [3.63, 3.8) is 0 Å². The van der Waals surface area contributed by atoms with E-state index in [1.54, 1.807) is 0 Å². The van der Waals surface area contributed by atoms with E-state index in [2.05, 4.69) is 24.6 Å². The molecule has 0 amide bonds. The molecule has 0 N–H and O–H groups in total. The van der Waals surface area contributed by atoms with E-state index in [4.69, 9.17) is 0 Å². The average Bonchev–Trinajstić information content (AvgIpc) is 1.91. The number of hydrogen-bond donors (Lipinski definition) is 1. The van der Waals surface area contributed by atoms with Crippen molar-refractivity contribution >= 4 is 24.4 Å². The molecule has 0 aromatic carbocycles. The van der Waals surface area contributed by atoms with Gasteiger partial charge < -0.3 is 0 Å². The van der Waals surface area contributed by atoms with E-state index in [9.17, 15) is 0 Å². The highest BCUT2D eigenvalue weighted by molar-refractivity contribution is 8.10. The molecule has 0 radical (unpaired) electrons. The summed E-state index contributed by atoms with van der Waals surface area (Å²) in [6, 6.07) is 0. The monoisotopic (exact) mass is 135 g/mol. The van der Waals surface area contributed by atoms with Crippen LogP contribution in [0, 0.1) is 0 Å². The van der Waals surface area contributed by atoms with Gasteiger partial charge in [-0.3, -0.25) is 4.90 Å². The zero-order valence-corrected chi connectivity index (χ0v) is 6.01. The summed E-state index contributed by atoms with van der Waals surface area (Å²) < 4.78 is 0.458. The quantitative estimate of drug-likeness (QED) is 0.491. The van der Waals surface area contributed by atoms with Crippen LogP contribution in [0.1, 0.15) is 0 Å². The summed E-state index contributed by atoms with van der Waals surface area (Å²) in [4.78, 5) is 2.23. The van der Waals surface area contributed by atoms with E-state index in [-0.39, 0.29) is 0 Å². The first-order valence-electron chi connectivity index (χ1n) is 2.30. The lowest BCUT2D eigenvalue weighted by atomic mass is 10.7. The molecule has 1 rings (SSSR count). The first-order valence-corrected chi connectivity index (χ1v) is 3.87. The minimum absolute atomic E-state index is 0.458. The van der Waals surface area contributed by atoms with Crippen LogP contribution in [0.2, 0.25) is 0 Å². The summed E-state index contributed by atoms with van der Waals surface area (Å²) in [5.41, 5.74) is 0. The normalized spacial score (nSPS) is 34.3. The number of nitrogens with zero attached hydrogens (tertiary/aromatic N) is 1. The van der Waals surface area contributed by atoms with Gasteiger partial charge in [0.1, 0.15) is 0 Å². The van der Waals surface area contributed by atoms with Crippen LogP contribution in [0.5, 0.6) is 0 Å². The van der Waals surface area contributed by atoms with Crippen molar-refractivity contribution in [2.75, 3.05) is 19.3 Å². The van der Waals surface area contributed by atoms with Crippen molar-refractivity contribution in [2.45, 2.75) is 4.71 Å². The first-order chi connectivity index (χ1) is 3.30. The topological polar surface area (TPSA) is 3.24 Å². The third kappa shape index (κ3) is 1.27. The van der Waals surface area contributed by atoms with Gasteiger partial charge in [0.25, 0.3) is 0 Å². The lowest BCUT2D eigenvalue weighted by molar-refractivity contribution is 0.418. The Hall–Kier alpha value is 0.660. The zero-order chi connectivity index (χ0) is 5.28. The summed E-state index contributed by atoms with van der Waals surface area (Å²) in [5, 5.41) is 0. The second kappa shape index (κ2) is 2.29. The van der Waals surface area contributed by atoms with Crippen LogP contribution in [-0.2, 0) is 0 Å². The summed E-state index contributed by atoms with van der Waals surface area (Å²) in [6.07, 6.45) is 0. The second-order valence-corrected chi connectivity index (χ2v) is 3.70. The molecular formula is C4H9NS2. The third-order valence-corrected chi connectivity index (χ3v) is 3.01. The Morgan fingerprint density at radius 2 is 2.57 bits per heavy atom. The molecule has 0 bridgehead atoms. The van der Waals surface area contributed by atoms with Gasteiger partial charge >= 0.3 is 0 Å². The lowest BCUT2D eigenvalue weighted by Crippen LogP contribution is -2.17. The molecule has 0 aliphatic carbocycles. The molecule has 1 heterocycles. The summed E-state index contributed by atoms with van der Waals surface area (Å²) in [7, 11) is 2.09. The van der Waals surface area contributed by atoms with Crippen LogP contribution in [0.3, 0.4) is 0 Å². The Kier molecular flexibility index (Phi) is 1.89. The number of rotatable bonds is 0. The van der Waals surface area contributed by atoms with Crippen molar-refractivity contribution in [1.29, 1.82) is 0 Å². The van der Waals surface area contributed by atoms with E-state index < -0.39 is 0 Å². The van der Waals surface area contributed by atoms with Gasteiger partial charge in [-0.1, -0.05) is 0 Å². The molecule has 0 saturated carbocycles. The van der Waals surface area contributed by atoms with Crippen molar-refractivity contribution in [3.05, 3.63) is 0 Å². The van der Waals surface area contributed by atoms with E-state index in [0.29, 0.717) is 4.71 Å². The van der Waals surface area contributed by atoms with Crippen LogP contribution in [-0.4, -0.2) is 29.0 Å².